The Morgan fingerprint density at radius 1 is 1.28 bits per heavy atom. The molecule has 0 aliphatic heterocycles. The average Bonchev–Trinajstić information content (AvgIpc) is 2.38. The van der Waals surface area contributed by atoms with E-state index < -0.39 is 12.0 Å². The van der Waals surface area contributed by atoms with Crippen LogP contribution in [0.2, 0.25) is 0 Å². The lowest BCUT2D eigenvalue weighted by molar-refractivity contribution is -0.148. The highest BCUT2D eigenvalue weighted by Gasteiger charge is 2.28. The zero-order chi connectivity index (χ0) is 13.7. The molecule has 0 aliphatic rings. The van der Waals surface area contributed by atoms with Gasteiger partial charge in [0, 0.05) is 7.05 Å². The molecule has 1 aromatic rings. The van der Waals surface area contributed by atoms with Crippen molar-refractivity contribution in [1.29, 1.82) is 0 Å². The molecule has 1 N–H and O–H groups in total. The molecule has 0 aromatic heterocycles. The molecular formula is C13H17NO3S. The maximum Gasteiger partial charge on any atom is 0.326 e. The summed E-state index contributed by atoms with van der Waals surface area (Å²) >= 11 is 1.40. The van der Waals surface area contributed by atoms with Crippen LogP contribution in [-0.2, 0) is 9.59 Å². The van der Waals surface area contributed by atoms with Crippen LogP contribution < -0.4 is 0 Å². The third kappa shape index (κ3) is 3.26. The van der Waals surface area contributed by atoms with E-state index in [2.05, 4.69) is 0 Å². The highest BCUT2D eigenvalue weighted by atomic mass is 32.2. The molecule has 1 amide bonds. The SMILES string of the molecule is CSC(C(=O)N(C)C(C)C(=O)O)c1ccccc1. The van der Waals surface area contributed by atoms with Gasteiger partial charge < -0.3 is 10.0 Å². The molecule has 1 aromatic carbocycles. The summed E-state index contributed by atoms with van der Waals surface area (Å²) in [5, 5.41) is 8.56. The molecule has 4 nitrogen and oxygen atoms in total. The molecule has 2 atom stereocenters. The number of benzene rings is 1. The average molecular weight is 267 g/mol. The third-order valence-electron chi connectivity index (χ3n) is 2.85. The summed E-state index contributed by atoms with van der Waals surface area (Å²) in [6.45, 7) is 1.50. The van der Waals surface area contributed by atoms with E-state index in [1.54, 1.807) is 0 Å². The number of rotatable bonds is 5. The predicted octanol–water partition coefficient (Wildman–Crippen LogP) is 2.02. The van der Waals surface area contributed by atoms with Crippen LogP contribution in [-0.4, -0.2) is 41.2 Å². The molecule has 0 heterocycles. The van der Waals surface area contributed by atoms with E-state index in [4.69, 9.17) is 5.11 Å². The van der Waals surface area contributed by atoms with Gasteiger partial charge in [0.25, 0.3) is 0 Å². The number of nitrogens with zero attached hydrogens (tertiary/aromatic N) is 1. The lowest BCUT2D eigenvalue weighted by Gasteiger charge is -2.26. The first-order valence-corrected chi connectivity index (χ1v) is 6.85. The molecule has 98 valence electrons. The topological polar surface area (TPSA) is 57.6 Å². The summed E-state index contributed by atoms with van der Waals surface area (Å²) in [5.41, 5.74) is 0.888. The summed E-state index contributed by atoms with van der Waals surface area (Å²) in [7, 11) is 1.52. The van der Waals surface area contributed by atoms with E-state index in [0.29, 0.717) is 0 Å². The minimum atomic E-state index is -1.00. The van der Waals surface area contributed by atoms with Gasteiger partial charge in [-0.1, -0.05) is 30.3 Å². The van der Waals surface area contributed by atoms with Gasteiger partial charge in [0.2, 0.25) is 5.91 Å². The number of amides is 1. The number of thioether (sulfide) groups is 1. The molecule has 0 saturated heterocycles. The second kappa shape index (κ2) is 6.44. The molecule has 5 heteroatoms. The fraction of sp³-hybridized carbons (Fsp3) is 0.385. The number of hydrogen-bond acceptors (Lipinski definition) is 3. The summed E-state index contributed by atoms with van der Waals surface area (Å²) in [4.78, 5) is 24.4. The second-order valence-corrected chi connectivity index (χ2v) is 4.93. The Labute approximate surface area is 111 Å². The highest BCUT2D eigenvalue weighted by Crippen LogP contribution is 2.28. The standard InChI is InChI=1S/C13H17NO3S/c1-9(13(16)17)14(2)12(15)11(18-3)10-7-5-4-6-8-10/h4-9,11H,1-3H3,(H,16,17). The van der Waals surface area contributed by atoms with Gasteiger partial charge in [-0.2, -0.15) is 0 Å². The molecule has 0 bridgehead atoms. The first-order chi connectivity index (χ1) is 8.49. The van der Waals surface area contributed by atoms with Crippen LogP contribution in [0.5, 0.6) is 0 Å². The number of carbonyl (C=O) groups excluding carboxylic acids is 1. The first kappa shape index (κ1) is 14.6. The Bertz CT molecular complexity index is 422. The summed E-state index contributed by atoms with van der Waals surface area (Å²) in [5.74, 6) is -1.19. The number of aliphatic carboxylic acids is 1. The van der Waals surface area contributed by atoms with Crippen molar-refractivity contribution in [2.24, 2.45) is 0 Å². The lowest BCUT2D eigenvalue weighted by atomic mass is 10.1. The fourth-order valence-corrected chi connectivity index (χ4v) is 2.35. The van der Waals surface area contributed by atoms with Gasteiger partial charge in [0.1, 0.15) is 11.3 Å². The third-order valence-corrected chi connectivity index (χ3v) is 3.79. The second-order valence-electron chi connectivity index (χ2n) is 3.99. The molecule has 0 radical (unpaired) electrons. The van der Waals surface area contributed by atoms with Gasteiger partial charge >= 0.3 is 5.97 Å². The normalized spacial score (nSPS) is 13.7. The van der Waals surface area contributed by atoms with E-state index in [1.807, 2.05) is 36.6 Å². The number of hydrogen-bond donors (Lipinski definition) is 1. The predicted molar refractivity (Wildman–Crippen MR) is 72.6 cm³/mol. The van der Waals surface area contributed by atoms with Gasteiger partial charge in [-0.05, 0) is 18.7 Å². The first-order valence-electron chi connectivity index (χ1n) is 5.56. The Hall–Kier alpha value is -1.49. The minimum Gasteiger partial charge on any atom is -0.480 e. The van der Waals surface area contributed by atoms with E-state index in [0.717, 1.165) is 5.56 Å². The Morgan fingerprint density at radius 3 is 2.28 bits per heavy atom. The number of likely N-dealkylation sites (N-methyl/N-ethyl adjacent to an activating group) is 1. The largest absolute Gasteiger partial charge is 0.480 e. The molecule has 0 saturated carbocycles. The molecule has 0 aliphatic carbocycles. The van der Waals surface area contributed by atoms with Crippen LogP contribution in [0.15, 0.2) is 30.3 Å². The van der Waals surface area contributed by atoms with Crippen molar-refractivity contribution >= 4 is 23.6 Å². The molecule has 0 fully saturated rings. The zero-order valence-corrected chi connectivity index (χ0v) is 11.5. The Balaban J connectivity index is 2.90. The molecule has 1 rings (SSSR count). The van der Waals surface area contributed by atoms with Crippen molar-refractivity contribution in [2.75, 3.05) is 13.3 Å². The smallest absolute Gasteiger partial charge is 0.326 e. The summed E-state index contributed by atoms with van der Waals surface area (Å²) in [6, 6.07) is 8.54. The van der Waals surface area contributed by atoms with Crippen molar-refractivity contribution in [1.82, 2.24) is 4.90 Å². The van der Waals surface area contributed by atoms with E-state index in [1.165, 1.54) is 30.6 Å². The van der Waals surface area contributed by atoms with Crippen LogP contribution in [0.4, 0.5) is 0 Å². The Kier molecular flexibility index (Phi) is 5.22. The maximum absolute atomic E-state index is 12.3. The molecule has 0 spiro atoms. The van der Waals surface area contributed by atoms with Crippen LogP contribution in [0.25, 0.3) is 0 Å². The van der Waals surface area contributed by atoms with Crippen molar-refractivity contribution in [3.8, 4) is 0 Å². The molecule has 2 unspecified atom stereocenters. The van der Waals surface area contributed by atoms with Crippen molar-refractivity contribution < 1.29 is 14.7 Å². The van der Waals surface area contributed by atoms with Gasteiger partial charge in [-0.15, -0.1) is 11.8 Å². The van der Waals surface area contributed by atoms with Crippen LogP contribution in [0, 0.1) is 0 Å². The number of carboxylic acids is 1. The van der Waals surface area contributed by atoms with Gasteiger partial charge in [0.15, 0.2) is 0 Å². The highest BCUT2D eigenvalue weighted by molar-refractivity contribution is 7.99. The minimum absolute atomic E-state index is 0.191. The monoisotopic (exact) mass is 267 g/mol. The van der Waals surface area contributed by atoms with E-state index in [-0.39, 0.29) is 11.2 Å². The van der Waals surface area contributed by atoms with Gasteiger partial charge in [-0.3, -0.25) is 4.79 Å². The van der Waals surface area contributed by atoms with Crippen LogP contribution in [0.1, 0.15) is 17.7 Å². The zero-order valence-electron chi connectivity index (χ0n) is 10.7. The maximum atomic E-state index is 12.3. The number of carboxylic acid groups (broad SMARTS) is 1. The van der Waals surface area contributed by atoms with E-state index in [9.17, 15) is 9.59 Å². The lowest BCUT2D eigenvalue weighted by Crippen LogP contribution is -2.42. The molecular weight excluding hydrogens is 250 g/mol. The summed E-state index contributed by atoms with van der Waals surface area (Å²) < 4.78 is 0. The van der Waals surface area contributed by atoms with Crippen LogP contribution >= 0.6 is 11.8 Å². The summed E-state index contributed by atoms with van der Waals surface area (Å²) in [6.07, 6.45) is 1.84. The van der Waals surface area contributed by atoms with Crippen molar-refractivity contribution in [2.45, 2.75) is 18.2 Å². The van der Waals surface area contributed by atoms with Crippen molar-refractivity contribution in [3.05, 3.63) is 35.9 Å². The number of carbonyl (C=O) groups is 2. The van der Waals surface area contributed by atoms with E-state index >= 15 is 0 Å². The van der Waals surface area contributed by atoms with Gasteiger partial charge in [0.05, 0.1) is 0 Å². The molecule has 18 heavy (non-hydrogen) atoms. The van der Waals surface area contributed by atoms with Crippen molar-refractivity contribution in [3.63, 3.8) is 0 Å². The van der Waals surface area contributed by atoms with Crippen LogP contribution in [0.3, 0.4) is 0 Å². The van der Waals surface area contributed by atoms with Gasteiger partial charge in [-0.25, -0.2) is 4.79 Å². The Morgan fingerprint density at radius 2 is 1.83 bits per heavy atom. The quantitative estimate of drug-likeness (QED) is 0.886. The fourth-order valence-electron chi connectivity index (χ4n) is 1.55.